The van der Waals surface area contributed by atoms with Crippen LogP contribution in [-0.4, -0.2) is 54.0 Å². The average molecular weight is 302 g/mol. The van der Waals surface area contributed by atoms with Gasteiger partial charge in [0.25, 0.3) is 0 Å². The highest BCUT2D eigenvalue weighted by Crippen LogP contribution is 2.20. The maximum absolute atomic E-state index is 11.3. The van der Waals surface area contributed by atoms with E-state index in [4.69, 9.17) is 0 Å². The predicted molar refractivity (Wildman–Crippen MR) is 57.9 cm³/mol. The lowest BCUT2D eigenvalue weighted by Gasteiger charge is -1.96. The molecule has 0 saturated heterocycles. The largest absolute Gasteiger partial charge is 0.319 e. The van der Waals surface area contributed by atoms with Gasteiger partial charge in [-0.1, -0.05) is 0 Å². The van der Waals surface area contributed by atoms with Gasteiger partial charge in [0.15, 0.2) is 29.7 Å². The Morgan fingerprint density at radius 1 is 0.824 bits per heavy atom. The summed E-state index contributed by atoms with van der Waals surface area (Å²) in [6.07, 6.45) is 2.27. The van der Waals surface area contributed by atoms with Crippen LogP contribution in [0, 0.1) is 0 Å². The average Bonchev–Trinajstić information content (AvgIpc) is 2.42. The summed E-state index contributed by atoms with van der Waals surface area (Å²) in [5.41, 5.74) is 0. The second-order valence-corrected chi connectivity index (χ2v) is 9.31. The lowest BCUT2D eigenvalue weighted by Crippen LogP contribution is -2.06. The summed E-state index contributed by atoms with van der Waals surface area (Å²) in [5.74, 6) is 0. The minimum absolute atomic E-state index is 0.696. The van der Waals surface area contributed by atoms with Gasteiger partial charge in [0, 0.05) is 18.8 Å². The predicted octanol–water partition coefficient (Wildman–Crippen LogP) is -1.38. The van der Waals surface area contributed by atoms with Crippen LogP contribution >= 0.6 is 0 Å². The van der Waals surface area contributed by atoms with Crippen molar-refractivity contribution in [2.45, 2.75) is 15.2 Å². The summed E-state index contributed by atoms with van der Waals surface area (Å²) >= 11 is 0. The molecule has 0 amide bonds. The standard InChI is InChI=1S/C6H10N2O6S3/c1-15(9,10)4-5(16(2,11)12)8-6(7-4)17(3,13)14/h1-3H3,(H,7,8). The van der Waals surface area contributed by atoms with E-state index in [0.717, 1.165) is 18.8 Å². The Hall–Kier alpha value is -0.940. The molecule has 0 aliphatic carbocycles. The van der Waals surface area contributed by atoms with E-state index in [9.17, 15) is 25.3 Å². The number of hydrogen-bond donors (Lipinski definition) is 1. The molecule has 0 aliphatic rings. The number of H-pyrrole nitrogens is 1. The van der Waals surface area contributed by atoms with E-state index in [2.05, 4.69) is 4.98 Å². The molecular weight excluding hydrogens is 292 g/mol. The van der Waals surface area contributed by atoms with Crippen molar-refractivity contribution in [1.82, 2.24) is 9.97 Å². The van der Waals surface area contributed by atoms with Crippen molar-refractivity contribution in [3.63, 3.8) is 0 Å². The van der Waals surface area contributed by atoms with E-state index < -0.39 is 44.7 Å². The zero-order valence-electron chi connectivity index (χ0n) is 9.12. The Bertz CT molecular complexity index is 703. The molecule has 1 rings (SSSR count). The van der Waals surface area contributed by atoms with Crippen LogP contribution in [0.3, 0.4) is 0 Å². The molecule has 0 aliphatic heterocycles. The van der Waals surface area contributed by atoms with Gasteiger partial charge in [-0.2, -0.15) is 0 Å². The molecule has 0 unspecified atom stereocenters. The molecule has 1 aromatic heterocycles. The zero-order chi connectivity index (χ0) is 13.6. The van der Waals surface area contributed by atoms with Crippen LogP contribution in [0.1, 0.15) is 0 Å². The van der Waals surface area contributed by atoms with Gasteiger partial charge in [-0.25, -0.2) is 30.2 Å². The van der Waals surface area contributed by atoms with Crippen LogP contribution < -0.4 is 0 Å². The van der Waals surface area contributed by atoms with Crippen molar-refractivity contribution in [2.24, 2.45) is 0 Å². The lowest BCUT2D eigenvalue weighted by molar-refractivity contribution is 0.583. The normalized spacial score (nSPS) is 13.8. The van der Waals surface area contributed by atoms with Crippen molar-refractivity contribution >= 4 is 29.5 Å². The Labute approximate surface area is 98.8 Å². The molecule has 0 saturated carbocycles. The first kappa shape index (κ1) is 14.1. The quantitative estimate of drug-likeness (QED) is 0.727. The summed E-state index contributed by atoms with van der Waals surface area (Å²) in [5, 5.41) is -2.21. The van der Waals surface area contributed by atoms with Gasteiger partial charge < -0.3 is 4.98 Å². The van der Waals surface area contributed by atoms with Crippen LogP contribution in [0.25, 0.3) is 0 Å². The number of nitrogens with zero attached hydrogens (tertiary/aromatic N) is 1. The fraction of sp³-hybridized carbons (Fsp3) is 0.500. The monoisotopic (exact) mass is 302 g/mol. The SMILES string of the molecule is CS(=O)(=O)c1nc(S(C)(=O)=O)c(S(C)(=O)=O)[nH]1. The molecule has 1 heterocycles. The van der Waals surface area contributed by atoms with Crippen LogP contribution in [0.2, 0.25) is 0 Å². The van der Waals surface area contributed by atoms with E-state index in [0.29, 0.717) is 0 Å². The van der Waals surface area contributed by atoms with E-state index in [1.54, 1.807) is 0 Å². The van der Waals surface area contributed by atoms with Crippen LogP contribution in [-0.2, 0) is 29.5 Å². The fourth-order valence-electron chi connectivity index (χ4n) is 1.000. The molecule has 0 atom stereocenters. The van der Waals surface area contributed by atoms with Crippen LogP contribution in [0.4, 0.5) is 0 Å². The van der Waals surface area contributed by atoms with Gasteiger partial charge in [-0.05, 0) is 0 Å². The Morgan fingerprint density at radius 3 is 1.53 bits per heavy atom. The maximum atomic E-state index is 11.3. The molecule has 11 heteroatoms. The number of aromatic amines is 1. The topological polar surface area (TPSA) is 131 Å². The van der Waals surface area contributed by atoms with E-state index in [1.807, 2.05) is 4.98 Å². The molecule has 0 radical (unpaired) electrons. The van der Waals surface area contributed by atoms with Crippen molar-refractivity contribution < 1.29 is 25.3 Å². The Balaban J connectivity index is 3.79. The van der Waals surface area contributed by atoms with Gasteiger partial charge in [-0.3, -0.25) is 0 Å². The molecule has 8 nitrogen and oxygen atoms in total. The third-order valence-corrected chi connectivity index (χ3v) is 4.75. The van der Waals surface area contributed by atoms with Gasteiger partial charge in [0.05, 0.1) is 0 Å². The highest BCUT2D eigenvalue weighted by Gasteiger charge is 2.28. The molecule has 1 N–H and O–H groups in total. The fourth-order valence-corrected chi connectivity index (χ4v) is 3.86. The zero-order valence-corrected chi connectivity index (χ0v) is 11.6. The molecule has 0 spiro atoms. The number of hydrogen-bond acceptors (Lipinski definition) is 7. The highest BCUT2D eigenvalue weighted by atomic mass is 32.2. The summed E-state index contributed by atoms with van der Waals surface area (Å²) in [7, 11) is -11.7. The Kier molecular flexibility index (Phi) is 3.14. The van der Waals surface area contributed by atoms with Crippen LogP contribution in [0.15, 0.2) is 15.2 Å². The first-order chi connectivity index (χ1) is 7.33. The number of sulfone groups is 3. The van der Waals surface area contributed by atoms with Crippen LogP contribution in [0.5, 0.6) is 0 Å². The van der Waals surface area contributed by atoms with Crippen molar-refractivity contribution in [1.29, 1.82) is 0 Å². The van der Waals surface area contributed by atoms with E-state index >= 15 is 0 Å². The third-order valence-electron chi connectivity index (χ3n) is 1.69. The number of imidazole rings is 1. The van der Waals surface area contributed by atoms with Gasteiger partial charge >= 0.3 is 0 Å². The summed E-state index contributed by atoms with van der Waals surface area (Å²) in [6, 6.07) is 0. The van der Waals surface area contributed by atoms with E-state index in [-0.39, 0.29) is 0 Å². The highest BCUT2D eigenvalue weighted by molar-refractivity contribution is 7.94. The first-order valence-electron chi connectivity index (χ1n) is 4.03. The van der Waals surface area contributed by atoms with E-state index in [1.165, 1.54) is 0 Å². The Morgan fingerprint density at radius 2 is 1.29 bits per heavy atom. The van der Waals surface area contributed by atoms with Crippen molar-refractivity contribution in [3.8, 4) is 0 Å². The molecule has 0 fully saturated rings. The molecule has 98 valence electrons. The molecule has 17 heavy (non-hydrogen) atoms. The second kappa shape index (κ2) is 3.78. The third kappa shape index (κ3) is 3.04. The van der Waals surface area contributed by atoms with Crippen molar-refractivity contribution in [3.05, 3.63) is 0 Å². The first-order valence-corrected chi connectivity index (χ1v) is 9.71. The minimum atomic E-state index is -3.94. The summed E-state index contributed by atoms with van der Waals surface area (Å²) < 4.78 is 67.6. The second-order valence-electron chi connectivity index (χ2n) is 3.49. The summed E-state index contributed by atoms with van der Waals surface area (Å²) in [6.45, 7) is 0. The van der Waals surface area contributed by atoms with Gasteiger partial charge in [-0.15, -0.1) is 0 Å². The minimum Gasteiger partial charge on any atom is -0.319 e. The number of nitrogens with one attached hydrogen (secondary N) is 1. The maximum Gasteiger partial charge on any atom is 0.227 e. The number of aromatic nitrogens is 2. The smallest absolute Gasteiger partial charge is 0.227 e. The molecule has 0 bridgehead atoms. The molecule has 1 aromatic rings. The van der Waals surface area contributed by atoms with Crippen molar-refractivity contribution in [2.75, 3.05) is 18.8 Å². The van der Waals surface area contributed by atoms with Gasteiger partial charge in [0.2, 0.25) is 15.0 Å². The van der Waals surface area contributed by atoms with Gasteiger partial charge in [0.1, 0.15) is 0 Å². The lowest BCUT2D eigenvalue weighted by atomic mass is 10.9. The summed E-state index contributed by atoms with van der Waals surface area (Å²) in [4.78, 5) is 5.31. The molecule has 0 aromatic carbocycles. The number of rotatable bonds is 3. The molecular formula is C6H10N2O6S3.